The Labute approximate surface area is 149 Å². The minimum absolute atomic E-state index is 0.0963. The molecule has 1 amide bonds. The van der Waals surface area contributed by atoms with Gasteiger partial charge < -0.3 is 14.8 Å². The van der Waals surface area contributed by atoms with Crippen molar-refractivity contribution in [3.05, 3.63) is 29.8 Å². The quantitative estimate of drug-likeness (QED) is 0.861. The fourth-order valence-electron chi connectivity index (χ4n) is 4.05. The molecule has 0 spiro atoms. The molecule has 1 N–H and O–H groups in total. The molecule has 2 heterocycles. The predicted octanol–water partition coefficient (Wildman–Crippen LogP) is 2.34. The number of carbonyl (C=O) groups is 1. The van der Waals surface area contributed by atoms with E-state index < -0.39 is 0 Å². The number of nitrogens with zero attached hydrogens (tertiary/aromatic N) is 1. The summed E-state index contributed by atoms with van der Waals surface area (Å²) in [5.41, 5.74) is 1.30. The zero-order valence-corrected chi connectivity index (χ0v) is 14.9. The second-order valence-corrected chi connectivity index (χ2v) is 7.60. The highest BCUT2D eigenvalue weighted by Crippen LogP contribution is 2.33. The van der Waals surface area contributed by atoms with E-state index in [2.05, 4.69) is 22.3 Å². The number of methoxy groups -OCH3 is 1. The molecule has 1 saturated carbocycles. The fourth-order valence-corrected chi connectivity index (χ4v) is 4.05. The summed E-state index contributed by atoms with van der Waals surface area (Å²) >= 11 is 0. The maximum Gasteiger partial charge on any atom is 0.249 e. The average molecular weight is 344 g/mol. The molecule has 1 aromatic carbocycles. The molecular formula is C20H28N2O3. The number of hydrogen-bond donors (Lipinski definition) is 1. The van der Waals surface area contributed by atoms with Crippen molar-refractivity contribution in [3.8, 4) is 5.75 Å². The summed E-state index contributed by atoms with van der Waals surface area (Å²) in [5.74, 6) is 1.70. The highest BCUT2D eigenvalue weighted by atomic mass is 16.5. The Balaban J connectivity index is 1.29. The van der Waals surface area contributed by atoms with Crippen LogP contribution in [0, 0.1) is 5.92 Å². The maximum atomic E-state index is 12.3. The van der Waals surface area contributed by atoms with Crippen molar-refractivity contribution in [1.82, 2.24) is 10.2 Å². The van der Waals surface area contributed by atoms with E-state index in [-0.39, 0.29) is 18.1 Å². The predicted molar refractivity (Wildman–Crippen MR) is 95.4 cm³/mol. The standard InChI is InChI=1S/C20H28N2O3/c1-24-16-6-4-15(5-7-16)13-22-11-10-18-17(22)8-9-19(25-18)20(23)21-12-14-2-3-14/h4-7,14,17-19H,2-3,8-13H2,1H3,(H,21,23)/t17-,18-,19-/m0/s1. The number of amides is 1. The van der Waals surface area contributed by atoms with Crippen molar-refractivity contribution in [3.63, 3.8) is 0 Å². The summed E-state index contributed by atoms with van der Waals surface area (Å²) in [6.45, 7) is 2.81. The number of rotatable bonds is 6. The van der Waals surface area contributed by atoms with Gasteiger partial charge in [-0.3, -0.25) is 9.69 Å². The van der Waals surface area contributed by atoms with Gasteiger partial charge in [-0.2, -0.15) is 0 Å². The van der Waals surface area contributed by atoms with Crippen LogP contribution in [0.2, 0.25) is 0 Å². The first-order valence-electron chi connectivity index (χ1n) is 9.53. The molecule has 0 bridgehead atoms. The number of likely N-dealkylation sites (tertiary alicyclic amines) is 1. The van der Waals surface area contributed by atoms with Crippen LogP contribution in [0.1, 0.15) is 37.7 Å². The number of benzene rings is 1. The van der Waals surface area contributed by atoms with Crippen LogP contribution in [0.3, 0.4) is 0 Å². The molecular weight excluding hydrogens is 316 g/mol. The van der Waals surface area contributed by atoms with Crippen LogP contribution in [0.5, 0.6) is 5.75 Å². The second kappa shape index (κ2) is 7.34. The highest BCUT2D eigenvalue weighted by molar-refractivity contribution is 5.80. The molecule has 3 atom stereocenters. The Morgan fingerprint density at radius 1 is 1.20 bits per heavy atom. The van der Waals surface area contributed by atoms with Crippen molar-refractivity contribution < 1.29 is 14.3 Å². The van der Waals surface area contributed by atoms with Gasteiger partial charge in [-0.05, 0) is 55.7 Å². The SMILES string of the molecule is COc1ccc(CN2CC[C@@H]3O[C@H](C(=O)NCC4CC4)CC[C@@H]32)cc1. The van der Waals surface area contributed by atoms with E-state index in [9.17, 15) is 4.79 Å². The lowest BCUT2D eigenvalue weighted by Crippen LogP contribution is -2.47. The van der Waals surface area contributed by atoms with E-state index in [0.29, 0.717) is 12.0 Å². The van der Waals surface area contributed by atoms with E-state index in [4.69, 9.17) is 9.47 Å². The monoisotopic (exact) mass is 344 g/mol. The first kappa shape index (κ1) is 16.9. The Bertz CT molecular complexity index is 599. The van der Waals surface area contributed by atoms with Crippen LogP contribution in [0.4, 0.5) is 0 Å². The summed E-state index contributed by atoms with van der Waals surface area (Å²) in [7, 11) is 1.69. The minimum Gasteiger partial charge on any atom is -0.497 e. The van der Waals surface area contributed by atoms with Gasteiger partial charge in [0, 0.05) is 25.7 Å². The molecule has 136 valence electrons. The van der Waals surface area contributed by atoms with Gasteiger partial charge in [0.2, 0.25) is 5.91 Å². The molecule has 2 aliphatic heterocycles. The van der Waals surface area contributed by atoms with Gasteiger partial charge in [0.25, 0.3) is 0 Å². The lowest BCUT2D eigenvalue weighted by atomic mass is 9.98. The number of hydrogen-bond acceptors (Lipinski definition) is 4. The molecule has 0 aromatic heterocycles. The van der Waals surface area contributed by atoms with Crippen LogP contribution in [-0.4, -0.2) is 49.3 Å². The summed E-state index contributed by atoms with van der Waals surface area (Å²) in [6.07, 6.45) is 5.37. The van der Waals surface area contributed by atoms with Crippen molar-refractivity contribution >= 4 is 5.91 Å². The third-order valence-electron chi connectivity index (χ3n) is 5.76. The van der Waals surface area contributed by atoms with E-state index in [1.807, 2.05) is 12.1 Å². The van der Waals surface area contributed by atoms with Gasteiger partial charge >= 0.3 is 0 Å². The van der Waals surface area contributed by atoms with Crippen LogP contribution in [0.15, 0.2) is 24.3 Å². The van der Waals surface area contributed by atoms with Crippen LogP contribution in [0.25, 0.3) is 0 Å². The third-order valence-corrected chi connectivity index (χ3v) is 5.76. The summed E-state index contributed by atoms with van der Waals surface area (Å²) in [5, 5.41) is 3.07. The molecule has 0 radical (unpaired) electrons. The van der Waals surface area contributed by atoms with E-state index in [1.54, 1.807) is 7.11 Å². The lowest BCUT2D eigenvalue weighted by Gasteiger charge is -2.35. The molecule has 1 aliphatic carbocycles. The molecule has 3 aliphatic rings. The zero-order chi connectivity index (χ0) is 17.2. The van der Waals surface area contributed by atoms with Crippen molar-refractivity contribution in [1.29, 1.82) is 0 Å². The molecule has 0 unspecified atom stereocenters. The largest absolute Gasteiger partial charge is 0.497 e. The average Bonchev–Trinajstić information content (AvgIpc) is 3.40. The van der Waals surface area contributed by atoms with Crippen LogP contribution in [-0.2, 0) is 16.1 Å². The highest BCUT2D eigenvalue weighted by Gasteiger charge is 2.41. The molecule has 4 rings (SSSR count). The Morgan fingerprint density at radius 3 is 2.72 bits per heavy atom. The zero-order valence-electron chi connectivity index (χ0n) is 14.9. The van der Waals surface area contributed by atoms with E-state index in [1.165, 1.54) is 18.4 Å². The van der Waals surface area contributed by atoms with Crippen LogP contribution < -0.4 is 10.1 Å². The maximum absolute atomic E-state index is 12.3. The third kappa shape index (κ3) is 3.98. The van der Waals surface area contributed by atoms with Crippen molar-refractivity contribution in [2.45, 2.75) is 56.9 Å². The Morgan fingerprint density at radius 2 is 2.00 bits per heavy atom. The molecule has 25 heavy (non-hydrogen) atoms. The fraction of sp³-hybridized carbons (Fsp3) is 0.650. The number of carbonyl (C=O) groups excluding carboxylic acids is 1. The van der Waals surface area contributed by atoms with Crippen molar-refractivity contribution in [2.75, 3.05) is 20.2 Å². The second-order valence-electron chi connectivity index (χ2n) is 7.60. The molecule has 1 aromatic rings. The van der Waals surface area contributed by atoms with Gasteiger partial charge in [-0.25, -0.2) is 0 Å². The summed E-state index contributed by atoms with van der Waals surface area (Å²) in [4.78, 5) is 14.8. The summed E-state index contributed by atoms with van der Waals surface area (Å²) in [6, 6.07) is 8.73. The van der Waals surface area contributed by atoms with Crippen molar-refractivity contribution in [2.24, 2.45) is 5.92 Å². The Hall–Kier alpha value is -1.59. The molecule has 2 saturated heterocycles. The molecule has 5 heteroatoms. The number of nitrogens with one attached hydrogen (secondary N) is 1. The molecule has 5 nitrogen and oxygen atoms in total. The summed E-state index contributed by atoms with van der Waals surface area (Å²) < 4.78 is 11.4. The smallest absolute Gasteiger partial charge is 0.249 e. The molecule has 3 fully saturated rings. The van der Waals surface area contributed by atoms with Gasteiger partial charge in [0.05, 0.1) is 13.2 Å². The number of fused-ring (bicyclic) bond motifs is 1. The van der Waals surface area contributed by atoms with Gasteiger partial charge in [-0.15, -0.1) is 0 Å². The lowest BCUT2D eigenvalue weighted by molar-refractivity contribution is -0.144. The Kier molecular flexibility index (Phi) is 4.95. The van der Waals surface area contributed by atoms with Crippen LogP contribution >= 0.6 is 0 Å². The van der Waals surface area contributed by atoms with Gasteiger partial charge in [0.15, 0.2) is 0 Å². The van der Waals surface area contributed by atoms with Gasteiger partial charge in [-0.1, -0.05) is 12.1 Å². The van der Waals surface area contributed by atoms with E-state index in [0.717, 1.165) is 44.6 Å². The van der Waals surface area contributed by atoms with Gasteiger partial charge in [0.1, 0.15) is 11.9 Å². The number of ether oxygens (including phenoxy) is 2. The van der Waals surface area contributed by atoms with E-state index >= 15 is 0 Å². The first-order chi connectivity index (χ1) is 12.2. The normalized spacial score (nSPS) is 29.2. The first-order valence-corrected chi connectivity index (χ1v) is 9.53. The minimum atomic E-state index is -0.249. The topological polar surface area (TPSA) is 50.8 Å².